The predicted molar refractivity (Wildman–Crippen MR) is 235 cm³/mol. The molecule has 0 unspecified atom stereocenters. The van der Waals surface area contributed by atoms with E-state index in [0.717, 1.165) is 56.6 Å². The van der Waals surface area contributed by atoms with Crippen molar-refractivity contribution in [1.29, 1.82) is 0 Å². The number of hydrogen-bond donors (Lipinski definition) is 0. The molecule has 57 heavy (non-hydrogen) atoms. The van der Waals surface area contributed by atoms with Crippen molar-refractivity contribution in [2.24, 2.45) is 0 Å². The smallest absolute Gasteiger partial charge is 0.161 e. The summed E-state index contributed by atoms with van der Waals surface area (Å²) < 4.78 is 6.27. The molecule has 0 fully saturated rings. The summed E-state index contributed by atoms with van der Waals surface area (Å²) >= 11 is 0. The van der Waals surface area contributed by atoms with Gasteiger partial charge in [-0.15, -0.1) is 0 Å². The number of hydrogen-bond acceptors (Lipinski definition) is 3. The molecule has 268 valence electrons. The molecule has 0 atom stereocenters. The van der Waals surface area contributed by atoms with Gasteiger partial charge in [0.05, 0.1) is 11.4 Å². The monoisotopic (exact) mass is 728 g/mol. The highest BCUT2D eigenvalue weighted by Crippen LogP contribution is 2.48. The lowest BCUT2D eigenvalue weighted by molar-refractivity contribution is 0.580. The van der Waals surface area contributed by atoms with Crippen molar-refractivity contribution in [1.82, 2.24) is 9.97 Å². The molecule has 3 nitrogen and oxygen atoms in total. The molecule has 1 aliphatic rings. The molecule has 0 radical (unpaired) electrons. The highest BCUT2D eigenvalue weighted by atomic mass is 16.3. The SMILES string of the molecule is Cc1oc2ccccc2c1-c1cccc2c1Cc1cccc(-c3cc(-c4ccc(-c5ccccc5)cc4)nc(-c4ccc(-c5ccccc5)c5ccccc45)n3)c1-2. The van der Waals surface area contributed by atoms with Gasteiger partial charge in [-0.05, 0) is 92.4 Å². The highest BCUT2D eigenvalue weighted by molar-refractivity contribution is 6.05. The molecule has 2 heterocycles. The Hall–Kier alpha value is -7.36. The highest BCUT2D eigenvalue weighted by Gasteiger charge is 2.28. The molecule has 0 spiro atoms. The van der Waals surface area contributed by atoms with Crippen LogP contribution in [0.3, 0.4) is 0 Å². The first-order valence-electron chi connectivity index (χ1n) is 19.5. The average molecular weight is 729 g/mol. The Labute approximate surface area is 331 Å². The van der Waals surface area contributed by atoms with Gasteiger partial charge in [0.1, 0.15) is 11.3 Å². The lowest BCUT2D eigenvalue weighted by Gasteiger charge is -2.15. The molecule has 8 aromatic carbocycles. The molecular weight excluding hydrogens is 693 g/mol. The third kappa shape index (κ3) is 5.58. The third-order valence-electron chi connectivity index (χ3n) is 11.5. The zero-order chi connectivity index (χ0) is 37.9. The molecular formula is C54H36N2O. The second kappa shape index (κ2) is 13.4. The summed E-state index contributed by atoms with van der Waals surface area (Å²) in [5.74, 6) is 1.64. The molecule has 10 aromatic rings. The van der Waals surface area contributed by atoms with Gasteiger partial charge < -0.3 is 4.42 Å². The van der Waals surface area contributed by atoms with Crippen molar-refractivity contribution < 1.29 is 4.42 Å². The van der Waals surface area contributed by atoms with Crippen molar-refractivity contribution in [2.45, 2.75) is 13.3 Å². The van der Waals surface area contributed by atoms with Gasteiger partial charge in [0.25, 0.3) is 0 Å². The first-order valence-corrected chi connectivity index (χ1v) is 19.5. The molecule has 1 aliphatic carbocycles. The molecule has 0 aliphatic heterocycles. The third-order valence-corrected chi connectivity index (χ3v) is 11.5. The van der Waals surface area contributed by atoms with Crippen LogP contribution < -0.4 is 0 Å². The van der Waals surface area contributed by atoms with E-state index in [1.807, 2.05) is 6.07 Å². The second-order valence-corrected chi connectivity index (χ2v) is 14.9. The van der Waals surface area contributed by atoms with Gasteiger partial charge in [0.15, 0.2) is 5.82 Å². The van der Waals surface area contributed by atoms with E-state index in [1.165, 1.54) is 61.0 Å². The van der Waals surface area contributed by atoms with Crippen molar-refractivity contribution in [3.05, 3.63) is 205 Å². The van der Waals surface area contributed by atoms with Crippen LogP contribution in [0.15, 0.2) is 192 Å². The number of benzene rings is 8. The molecule has 3 heteroatoms. The summed E-state index contributed by atoms with van der Waals surface area (Å²) in [4.78, 5) is 10.8. The van der Waals surface area contributed by atoms with Crippen molar-refractivity contribution in [2.75, 3.05) is 0 Å². The quantitative estimate of drug-likeness (QED) is 0.171. The molecule has 0 bridgehead atoms. The topological polar surface area (TPSA) is 38.9 Å². The van der Waals surface area contributed by atoms with Gasteiger partial charge in [-0.25, -0.2) is 9.97 Å². The Bertz CT molecular complexity index is 3140. The number of aryl methyl sites for hydroxylation is 1. The van der Waals surface area contributed by atoms with Crippen LogP contribution in [0.25, 0.3) is 100 Å². The van der Waals surface area contributed by atoms with E-state index in [9.17, 15) is 0 Å². The fourth-order valence-corrected chi connectivity index (χ4v) is 8.90. The summed E-state index contributed by atoms with van der Waals surface area (Å²) in [6.45, 7) is 2.08. The van der Waals surface area contributed by atoms with Crippen LogP contribution in [-0.4, -0.2) is 9.97 Å². The number of fused-ring (bicyclic) bond motifs is 5. The Balaban J connectivity index is 1.11. The summed E-state index contributed by atoms with van der Waals surface area (Å²) in [5, 5.41) is 3.44. The van der Waals surface area contributed by atoms with E-state index in [-0.39, 0.29) is 0 Å². The van der Waals surface area contributed by atoms with Gasteiger partial charge in [-0.3, -0.25) is 0 Å². The number of nitrogens with zero attached hydrogens (tertiary/aromatic N) is 2. The lowest BCUT2D eigenvalue weighted by Crippen LogP contribution is -1.98. The summed E-state index contributed by atoms with van der Waals surface area (Å²) in [5.41, 5.74) is 18.1. The number of furan rings is 1. The number of rotatable bonds is 6. The summed E-state index contributed by atoms with van der Waals surface area (Å²) in [7, 11) is 0. The minimum atomic E-state index is 0.704. The van der Waals surface area contributed by atoms with Crippen molar-refractivity contribution >= 4 is 21.7 Å². The van der Waals surface area contributed by atoms with Crippen molar-refractivity contribution in [3.63, 3.8) is 0 Å². The van der Waals surface area contributed by atoms with Gasteiger partial charge >= 0.3 is 0 Å². The maximum Gasteiger partial charge on any atom is 0.161 e. The molecule has 0 saturated carbocycles. The average Bonchev–Trinajstić information content (AvgIpc) is 3.83. The van der Waals surface area contributed by atoms with Crippen LogP contribution in [0.1, 0.15) is 16.9 Å². The van der Waals surface area contributed by atoms with E-state index < -0.39 is 0 Å². The Morgan fingerprint density at radius 1 is 0.404 bits per heavy atom. The molecule has 0 saturated heterocycles. The lowest BCUT2D eigenvalue weighted by atomic mass is 9.92. The first kappa shape index (κ1) is 33.0. The minimum Gasteiger partial charge on any atom is -0.461 e. The van der Waals surface area contributed by atoms with Gasteiger partial charge in [0, 0.05) is 27.6 Å². The second-order valence-electron chi connectivity index (χ2n) is 14.9. The fraction of sp³-hybridized carbons (Fsp3) is 0.0370. The maximum absolute atomic E-state index is 6.27. The summed E-state index contributed by atoms with van der Waals surface area (Å²) in [6, 6.07) is 66.8. The van der Waals surface area contributed by atoms with Crippen LogP contribution in [0, 0.1) is 6.92 Å². The van der Waals surface area contributed by atoms with Gasteiger partial charge in [0.2, 0.25) is 0 Å². The van der Waals surface area contributed by atoms with E-state index >= 15 is 0 Å². The van der Waals surface area contributed by atoms with Crippen LogP contribution in [-0.2, 0) is 6.42 Å². The molecule has 0 N–H and O–H groups in total. The Kier molecular flexibility index (Phi) is 7.78. The number of para-hydroxylation sites is 1. The van der Waals surface area contributed by atoms with Crippen LogP contribution in [0.5, 0.6) is 0 Å². The van der Waals surface area contributed by atoms with E-state index in [0.29, 0.717) is 5.82 Å². The van der Waals surface area contributed by atoms with E-state index in [2.05, 4.69) is 189 Å². The fourth-order valence-electron chi connectivity index (χ4n) is 8.90. The predicted octanol–water partition coefficient (Wildman–Crippen LogP) is 14.3. The van der Waals surface area contributed by atoms with Crippen LogP contribution in [0.2, 0.25) is 0 Å². The van der Waals surface area contributed by atoms with Crippen LogP contribution >= 0.6 is 0 Å². The maximum atomic E-state index is 6.27. The summed E-state index contributed by atoms with van der Waals surface area (Å²) in [6.07, 6.45) is 0.838. The van der Waals surface area contributed by atoms with Gasteiger partial charge in [-0.1, -0.05) is 170 Å². The Morgan fingerprint density at radius 3 is 1.74 bits per heavy atom. The zero-order valence-electron chi connectivity index (χ0n) is 31.4. The Morgan fingerprint density at radius 2 is 0.965 bits per heavy atom. The zero-order valence-corrected chi connectivity index (χ0v) is 31.4. The first-order chi connectivity index (χ1) is 28.2. The van der Waals surface area contributed by atoms with E-state index in [1.54, 1.807) is 0 Å². The van der Waals surface area contributed by atoms with Crippen LogP contribution in [0.4, 0.5) is 0 Å². The number of aromatic nitrogens is 2. The van der Waals surface area contributed by atoms with Crippen molar-refractivity contribution in [3.8, 4) is 78.4 Å². The largest absolute Gasteiger partial charge is 0.461 e. The minimum absolute atomic E-state index is 0.704. The normalized spacial score (nSPS) is 11.9. The molecule has 0 amide bonds. The van der Waals surface area contributed by atoms with E-state index in [4.69, 9.17) is 14.4 Å². The standard InChI is InChI=1S/C54H36N2O/c1-34-52(47-21-10-11-25-51(47)57-34)43-22-13-23-44-48(43)32-39-18-12-24-46(53(39)44)50-33-49(38-28-26-36(27-29-38)35-14-4-2-5-15-35)55-54(56-50)45-31-30-40(37-16-6-3-7-17-37)41-19-8-9-20-42(41)45/h2-31,33H,32H2,1H3. The molecule has 2 aromatic heterocycles. The van der Waals surface area contributed by atoms with Gasteiger partial charge in [-0.2, -0.15) is 0 Å². The molecule has 11 rings (SSSR count).